The third-order valence-electron chi connectivity index (χ3n) is 4.25. The molecule has 1 atom stereocenters. The summed E-state index contributed by atoms with van der Waals surface area (Å²) >= 11 is 0. The summed E-state index contributed by atoms with van der Waals surface area (Å²) in [5, 5.41) is 11.5. The number of amides is 1. The summed E-state index contributed by atoms with van der Waals surface area (Å²) in [6.07, 6.45) is -0.0109. The van der Waals surface area contributed by atoms with Crippen LogP contribution in [0.5, 0.6) is 11.5 Å². The van der Waals surface area contributed by atoms with Gasteiger partial charge in [-0.3, -0.25) is 4.79 Å². The molecule has 1 N–H and O–H groups in total. The third kappa shape index (κ3) is 6.78. The molecule has 2 aromatic rings. The van der Waals surface area contributed by atoms with Gasteiger partial charge in [-0.1, -0.05) is 18.2 Å². The number of carbonyl (C=O) groups excluding carboxylic acids is 1. The second-order valence-electron chi connectivity index (χ2n) is 7.21. The molecule has 0 aliphatic rings. The standard InChI is InChI=1S/C22H26N2O5S/c1-15(2)29-20-10-9-19(11-21(20)28-4)16(3)24-22(25)14-30(26,27)13-18-7-5-17(12-23)6-8-18/h5-11,15-16H,13-14H2,1-4H3,(H,24,25). The van der Waals surface area contributed by atoms with Crippen LogP contribution >= 0.6 is 0 Å². The van der Waals surface area contributed by atoms with Crippen LogP contribution in [0.2, 0.25) is 0 Å². The minimum Gasteiger partial charge on any atom is -0.493 e. The lowest BCUT2D eigenvalue weighted by atomic mass is 10.1. The molecule has 30 heavy (non-hydrogen) atoms. The zero-order chi connectivity index (χ0) is 22.3. The monoisotopic (exact) mass is 430 g/mol. The lowest BCUT2D eigenvalue weighted by Gasteiger charge is -2.18. The van der Waals surface area contributed by atoms with Crippen LogP contribution in [0.4, 0.5) is 0 Å². The summed E-state index contributed by atoms with van der Waals surface area (Å²) in [6.45, 7) is 5.59. The topological polar surface area (TPSA) is 105 Å². The van der Waals surface area contributed by atoms with Crippen molar-refractivity contribution in [3.63, 3.8) is 0 Å². The number of hydrogen-bond acceptors (Lipinski definition) is 6. The van der Waals surface area contributed by atoms with Crippen LogP contribution in [0.3, 0.4) is 0 Å². The van der Waals surface area contributed by atoms with Gasteiger partial charge in [0.1, 0.15) is 5.75 Å². The van der Waals surface area contributed by atoms with Gasteiger partial charge < -0.3 is 14.8 Å². The summed E-state index contributed by atoms with van der Waals surface area (Å²) in [5.74, 6) is -0.341. The predicted molar refractivity (Wildman–Crippen MR) is 114 cm³/mol. The molecule has 2 rings (SSSR count). The molecule has 0 fully saturated rings. The van der Waals surface area contributed by atoms with Gasteiger partial charge in [0, 0.05) is 0 Å². The molecule has 0 radical (unpaired) electrons. The summed E-state index contributed by atoms with van der Waals surface area (Å²) in [4.78, 5) is 12.3. The Morgan fingerprint density at radius 1 is 1.10 bits per heavy atom. The number of nitriles is 1. The minimum absolute atomic E-state index is 0.0109. The molecule has 0 spiro atoms. The minimum atomic E-state index is -3.65. The van der Waals surface area contributed by atoms with Gasteiger partial charge in [-0.15, -0.1) is 0 Å². The highest BCUT2D eigenvalue weighted by Gasteiger charge is 2.20. The Morgan fingerprint density at radius 3 is 2.33 bits per heavy atom. The number of sulfone groups is 1. The van der Waals surface area contributed by atoms with Crippen LogP contribution in [0.25, 0.3) is 0 Å². The molecule has 1 amide bonds. The van der Waals surface area contributed by atoms with Crippen molar-refractivity contribution >= 4 is 15.7 Å². The summed E-state index contributed by atoms with van der Waals surface area (Å²) in [5.41, 5.74) is 1.74. The molecule has 7 nitrogen and oxygen atoms in total. The number of nitrogens with zero attached hydrogens (tertiary/aromatic N) is 1. The van der Waals surface area contributed by atoms with E-state index in [4.69, 9.17) is 14.7 Å². The molecule has 160 valence electrons. The smallest absolute Gasteiger partial charge is 0.235 e. The van der Waals surface area contributed by atoms with Crippen LogP contribution in [0, 0.1) is 11.3 Å². The van der Waals surface area contributed by atoms with E-state index in [0.29, 0.717) is 22.6 Å². The number of nitrogens with one attached hydrogen (secondary N) is 1. The molecule has 0 aliphatic heterocycles. The fraction of sp³-hybridized carbons (Fsp3) is 0.364. The van der Waals surface area contributed by atoms with Crippen LogP contribution in [-0.4, -0.2) is 33.3 Å². The molecule has 0 bridgehead atoms. The fourth-order valence-electron chi connectivity index (χ4n) is 2.85. The van der Waals surface area contributed by atoms with E-state index in [1.165, 1.54) is 7.11 Å². The lowest BCUT2D eigenvalue weighted by Crippen LogP contribution is -2.32. The van der Waals surface area contributed by atoms with E-state index in [-0.39, 0.29) is 11.9 Å². The zero-order valence-electron chi connectivity index (χ0n) is 17.5. The Bertz CT molecular complexity index is 1020. The summed E-state index contributed by atoms with van der Waals surface area (Å²) in [6, 6.07) is 13.1. The lowest BCUT2D eigenvalue weighted by molar-refractivity contribution is -0.119. The van der Waals surface area contributed by atoms with Gasteiger partial charge in [-0.25, -0.2) is 8.42 Å². The Hall–Kier alpha value is -3.05. The first-order chi connectivity index (χ1) is 14.1. The van der Waals surface area contributed by atoms with Gasteiger partial charge in [0.2, 0.25) is 5.91 Å². The summed E-state index contributed by atoms with van der Waals surface area (Å²) < 4.78 is 35.8. The Balaban J connectivity index is 2.01. The first kappa shape index (κ1) is 23.2. The van der Waals surface area contributed by atoms with Crippen molar-refractivity contribution in [1.29, 1.82) is 5.26 Å². The van der Waals surface area contributed by atoms with E-state index in [1.54, 1.807) is 49.4 Å². The fourth-order valence-corrected chi connectivity index (χ4v) is 4.14. The van der Waals surface area contributed by atoms with Gasteiger partial charge >= 0.3 is 0 Å². The molecule has 0 saturated carbocycles. The average Bonchev–Trinajstić information content (AvgIpc) is 2.67. The second-order valence-corrected chi connectivity index (χ2v) is 9.27. The van der Waals surface area contributed by atoms with Crippen LogP contribution < -0.4 is 14.8 Å². The average molecular weight is 431 g/mol. The predicted octanol–water partition coefficient (Wildman–Crippen LogP) is 3.15. The Kier molecular flexibility index (Phi) is 7.84. The van der Waals surface area contributed by atoms with E-state index in [2.05, 4.69) is 5.32 Å². The molecule has 0 saturated heterocycles. The van der Waals surface area contributed by atoms with Crippen LogP contribution in [0.15, 0.2) is 42.5 Å². The van der Waals surface area contributed by atoms with Crippen molar-refractivity contribution in [3.05, 3.63) is 59.2 Å². The highest BCUT2D eigenvalue weighted by molar-refractivity contribution is 7.91. The molecule has 0 aliphatic carbocycles. The molecule has 0 heterocycles. The largest absolute Gasteiger partial charge is 0.493 e. The maximum absolute atomic E-state index is 12.4. The Morgan fingerprint density at radius 2 is 1.77 bits per heavy atom. The molecular formula is C22H26N2O5S. The van der Waals surface area contributed by atoms with Crippen molar-refractivity contribution in [2.75, 3.05) is 12.9 Å². The second kappa shape index (κ2) is 10.1. The molecule has 0 aromatic heterocycles. The first-order valence-electron chi connectivity index (χ1n) is 9.47. The van der Waals surface area contributed by atoms with E-state index in [1.807, 2.05) is 19.9 Å². The number of rotatable bonds is 9. The van der Waals surface area contributed by atoms with Crippen molar-refractivity contribution in [2.24, 2.45) is 0 Å². The van der Waals surface area contributed by atoms with Crippen molar-refractivity contribution < 1.29 is 22.7 Å². The number of benzene rings is 2. The normalized spacial score (nSPS) is 12.1. The number of methoxy groups -OCH3 is 1. The maximum atomic E-state index is 12.4. The third-order valence-corrected chi connectivity index (χ3v) is 5.72. The van der Waals surface area contributed by atoms with Crippen molar-refractivity contribution in [3.8, 4) is 17.6 Å². The van der Waals surface area contributed by atoms with Gasteiger partial charge in [0.05, 0.1) is 36.6 Å². The van der Waals surface area contributed by atoms with E-state index >= 15 is 0 Å². The number of hydrogen-bond donors (Lipinski definition) is 1. The molecule has 2 aromatic carbocycles. The molecule has 1 unspecified atom stereocenters. The molecular weight excluding hydrogens is 404 g/mol. The van der Waals surface area contributed by atoms with Gasteiger partial charge in [0.15, 0.2) is 21.3 Å². The zero-order valence-corrected chi connectivity index (χ0v) is 18.3. The summed E-state index contributed by atoms with van der Waals surface area (Å²) in [7, 11) is -2.12. The van der Waals surface area contributed by atoms with Gasteiger partial charge in [-0.05, 0) is 56.2 Å². The van der Waals surface area contributed by atoms with E-state index < -0.39 is 27.5 Å². The highest BCUT2D eigenvalue weighted by atomic mass is 32.2. The quantitative estimate of drug-likeness (QED) is 0.655. The van der Waals surface area contributed by atoms with Gasteiger partial charge in [0.25, 0.3) is 0 Å². The first-order valence-corrected chi connectivity index (χ1v) is 11.3. The SMILES string of the molecule is COc1cc(C(C)NC(=O)CS(=O)(=O)Cc2ccc(C#N)cc2)ccc1OC(C)C. The van der Waals surface area contributed by atoms with Crippen LogP contribution in [-0.2, 0) is 20.4 Å². The van der Waals surface area contributed by atoms with E-state index in [0.717, 1.165) is 5.56 Å². The van der Waals surface area contributed by atoms with Gasteiger partial charge in [-0.2, -0.15) is 5.26 Å². The van der Waals surface area contributed by atoms with Crippen molar-refractivity contribution in [1.82, 2.24) is 5.32 Å². The van der Waals surface area contributed by atoms with Crippen molar-refractivity contribution in [2.45, 2.75) is 38.7 Å². The highest BCUT2D eigenvalue weighted by Crippen LogP contribution is 2.31. The number of carbonyl (C=O) groups is 1. The van der Waals surface area contributed by atoms with E-state index in [9.17, 15) is 13.2 Å². The number of ether oxygens (including phenoxy) is 2. The Labute approximate surface area is 177 Å². The molecule has 8 heteroatoms. The maximum Gasteiger partial charge on any atom is 0.235 e. The van der Waals surface area contributed by atoms with Crippen LogP contribution in [0.1, 0.15) is 43.5 Å².